The highest BCUT2D eigenvalue weighted by atomic mass is 32.2. The fourth-order valence-electron chi connectivity index (χ4n) is 2.85. The van der Waals surface area contributed by atoms with Gasteiger partial charge in [-0.1, -0.05) is 30.3 Å². The zero-order chi connectivity index (χ0) is 18.4. The molecular weight excluding hydrogens is 344 g/mol. The Balaban J connectivity index is 1.90. The molecule has 0 aliphatic heterocycles. The van der Waals surface area contributed by atoms with Gasteiger partial charge in [-0.2, -0.15) is 5.26 Å². The number of hydrogen-bond donors (Lipinski definition) is 0. The van der Waals surface area contributed by atoms with Crippen LogP contribution in [0, 0.1) is 11.3 Å². The van der Waals surface area contributed by atoms with E-state index in [1.165, 1.54) is 11.8 Å². The van der Waals surface area contributed by atoms with Gasteiger partial charge in [0.25, 0.3) is 0 Å². The van der Waals surface area contributed by atoms with Crippen molar-refractivity contribution in [2.75, 3.05) is 12.4 Å². The standard InChI is InChI=1S/C21H18N2O2S/c1-2-25-21(24)14-26-20-9-10-23-13-17(20)11-15-7-8-16(12-22)19-6-4-3-5-18(15)19/h3-10,13H,2,11,14H2,1H3. The third-order valence-electron chi connectivity index (χ3n) is 4.03. The second-order valence-electron chi connectivity index (χ2n) is 5.68. The third-order valence-corrected chi connectivity index (χ3v) is 5.11. The molecule has 0 fully saturated rings. The van der Waals surface area contributed by atoms with Crippen molar-refractivity contribution in [1.29, 1.82) is 5.26 Å². The van der Waals surface area contributed by atoms with E-state index in [4.69, 9.17) is 4.74 Å². The normalized spacial score (nSPS) is 10.5. The van der Waals surface area contributed by atoms with Crippen LogP contribution >= 0.6 is 11.8 Å². The highest BCUT2D eigenvalue weighted by Gasteiger charge is 2.11. The van der Waals surface area contributed by atoms with Crippen LogP contribution in [-0.2, 0) is 16.0 Å². The number of rotatable bonds is 6. The molecule has 0 saturated carbocycles. The summed E-state index contributed by atoms with van der Waals surface area (Å²) >= 11 is 1.46. The number of fused-ring (bicyclic) bond motifs is 1. The minimum atomic E-state index is -0.218. The molecule has 4 nitrogen and oxygen atoms in total. The first-order chi connectivity index (χ1) is 12.7. The zero-order valence-electron chi connectivity index (χ0n) is 14.4. The van der Waals surface area contributed by atoms with Gasteiger partial charge in [-0.3, -0.25) is 9.78 Å². The van der Waals surface area contributed by atoms with Gasteiger partial charge in [-0.25, -0.2) is 0 Å². The highest BCUT2D eigenvalue weighted by Crippen LogP contribution is 2.28. The highest BCUT2D eigenvalue weighted by molar-refractivity contribution is 8.00. The summed E-state index contributed by atoms with van der Waals surface area (Å²) in [6.07, 6.45) is 4.25. The molecular formula is C21H18N2O2S. The number of benzene rings is 2. The number of hydrogen-bond acceptors (Lipinski definition) is 5. The van der Waals surface area contributed by atoms with E-state index in [0.29, 0.717) is 18.6 Å². The van der Waals surface area contributed by atoms with Gasteiger partial charge >= 0.3 is 5.97 Å². The minimum absolute atomic E-state index is 0.218. The summed E-state index contributed by atoms with van der Waals surface area (Å²) in [5.41, 5.74) is 2.86. The van der Waals surface area contributed by atoms with Gasteiger partial charge < -0.3 is 4.74 Å². The smallest absolute Gasteiger partial charge is 0.316 e. The van der Waals surface area contributed by atoms with E-state index in [1.54, 1.807) is 13.1 Å². The monoisotopic (exact) mass is 362 g/mol. The Bertz CT molecular complexity index is 979. The van der Waals surface area contributed by atoms with Crippen LogP contribution in [0.15, 0.2) is 59.8 Å². The molecule has 2 aromatic carbocycles. The molecule has 3 aromatic rings. The molecule has 0 radical (unpaired) electrons. The van der Waals surface area contributed by atoms with Crippen molar-refractivity contribution in [3.05, 3.63) is 71.5 Å². The topological polar surface area (TPSA) is 63.0 Å². The largest absolute Gasteiger partial charge is 0.465 e. The molecule has 0 saturated heterocycles. The lowest BCUT2D eigenvalue weighted by atomic mass is 9.96. The summed E-state index contributed by atoms with van der Waals surface area (Å²) < 4.78 is 5.00. The van der Waals surface area contributed by atoms with Crippen LogP contribution in [0.25, 0.3) is 10.8 Å². The van der Waals surface area contributed by atoms with Gasteiger partial charge in [0.2, 0.25) is 0 Å². The lowest BCUT2D eigenvalue weighted by Gasteiger charge is -2.11. The van der Waals surface area contributed by atoms with Gasteiger partial charge in [0.15, 0.2) is 0 Å². The van der Waals surface area contributed by atoms with E-state index in [-0.39, 0.29) is 11.7 Å². The molecule has 1 aromatic heterocycles. The number of esters is 1. The Morgan fingerprint density at radius 1 is 1.15 bits per heavy atom. The van der Waals surface area contributed by atoms with Gasteiger partial charge in [0, 0.05) is 23.7 Å². The third kappa shape index (κ3) is 4.04. The average molecular weight is 362 g/mol. The predicted molar refractivity (Wildman–Crippen MR) is 103 cm³/mol. The lowest BCUT2D eigenvalue weighted by molar-refractivity contribution is -0.139. The van der Waals surface area contributed by atoms with Crippen molar-refractivity contribution in [3.63, 3.8) is 0 Å². The number of ether oxygens (including phenoxy) is 1. The van der Waals surface area contributed by atoms with Crippen LogP contribution in [0.3, 0.4) is 0 Å². The number of nitrogens with zero attached hydrogens (tertiary/aromatic N) is 2. The molecule has 1 heterocycles. The van der Waals surface area contributed by atoms with Crippen molar-refractivity contribution in [1.82, 2.24) is 4.98 Å². The fraction of sp³-hybridized carbons (Fsp3) is 0.190. The lowest BCUT2D eigenvalue weighted by Crippen LogP contribution is -2.07. The first-order valence-electron chi connectivity index (χ1n) is 8.35. The van der Waals surface area contributed by atoms with Crippen LogP contribution in [-0.4, -0.2) is 23.3 Å². The number of carbonyl (C=O) groups excluding carboxylic acids is 1. The predicted octanol–water partition coefficient (Wildman–Crippen LogP) is 4.35. The van der Waals surface area contributed by atoms with E-state index in [2.05, 4.69) is 11.1 Å². The molecule has 130 valence electrons. The summed E-state index contributed by atoms with van der Waals surface area (Å²) in [7, 11) is 0. The number of thioether (sulfide) groups is 1. The Hall–Kier alpha value is -2.84. The van der Waals surface area contributed by atoms with Crippen LogP contribution in [0.4, 0.5) is 0 Å². The van der Waals surface area contributed by atoms with E-state index in [1.807, 2.05) is 48.7 Å². The molecule has 0 amide bonds. The van der Waals surface area contributed by atoms with E-state index in [0.717, 1.165) is 26.8 Å². The SMILES string of the molecule is CCOC(=O)CSc1ccncc1Cc1ccc(C#N)c2ccccc12. The van der Waals surface area contributed by atoms with Crippen LogP contribution in [0.5, 0.6) is 0 Å². The molecule has 0 bridgehead atoms. The molecule has 0 spiro atoms. The number of aromatic nitrogens is 1. The van der Waals surface area contributed by atoms with Gasteiger partial charge in [-0.15, -0.1) is 11.8 Å². The first-order valence-corrected chi connectivity index (χ1v) is 9.33. The summed E-state index contributed by atoms with van der Waals surface area (Å²) in [5, 5.41) is 11.3. The van der Waals surface area contributed by atoms with Gasteiger partial charge in [0.1, 0.15) is 0 Å². The Kier molecular flexibility index (Phi) is 5.88. The number of carbonyl (C=O) groups is 1. The second kappa shape index (κ2) is 8.50. The van der Waals surface area contributed by atoms with Crippen molar-refractivity contribution in [2.45, 2.75) is 18.2 Å². The van der Waals surface area contributed by atoms with E-state index < -0.39 is 0 Å². The quantitative estimate of drug-likeness (QED) is 0.482. The molecule has 26 heavy (non-hydrogen) atoms. The minimum Gasteiger partial charge on any atom is -0.465 e. The van der Waals surface area contributed by atoms with Crippen LogP contribution in [0.1, 0.15) is 23.6 Å². The Morgan fingerprint density at radius 2 is 1.96 bits per heavy atom. The zero-order valence-corrected chi connectivity index (χ0v) is 15.3. The maximum atomic E-state index is 11.6. The van der Waals surface area contributed by atoms with Gasteiger partial charge in [0.05, 0.1) is 24.0 Å². The summed E-state index contributed by atoms with van der Waals surface area (Å²) in [5.74, 6) is 0.0583. The van der Waals surface area contributed by atoms with Gasteiger partial charge in [-0.05, 0) is 41.0 Å². The molecule has 0 atom stereocenters. The molecule has 3 rings (SSSR count). The molecule has 0 aliphatic rings. The summed E-state index contributed by atoms with van der Waals surface area (Å²) in [6.45, 7) is 2.19. The van der Waals surface area contributed by atoms with Crippen molar-refractivity contribution in [3.8, 4) is 6.07 Å². The number of pyridine rings is 1. The maximum absolute atomic E-state index is 11.6. The molecule has 0 N–H and O–H groups in total. The van der Waals surface area contributed by atoms with Crippen molar-refractivity contribution in [2.24, 2.45) is 0 Å². The number of nitriles is 1. The maximum Gasteiger partial charge on any atom is 0.316 e. The van der Waals surface area contributed by atoms with E-state index in [9.17, 15) is 10.1 Å². The summed E-state index contributed by atoms with van der Waals surface area (Å²) in [4.78, 5) is 16.9. The Morgan fingerprint density at radius 3 is 2.73 bits per heavy atom. The molecule has 0 aliphatic carbocycles. The molecule has 5 heteroatoms. The fourth-order valence-corrected chi connectivity index (χ4v) is 3.67. The summed E-state index contributed by atoms with van der Waals surface area (Å²) in [6, 6.07) is 16.0. The second-order valence-corrected chi connectivity index (χ2v) is 6.70. The first kappa shape index (κ1) is 18.0. The van der Waals surface area contributed by atoms with E-state index >= 15 is 0 Å². The van der Waals surface area contributed by atoms with Crippen LogP contribution in [0.2, 0.25) is 0 Å². The Labute approximate surface area is 156 Å². The van der Waals surface area contributed by atoms with Crippen LogP contribution < -0.4 is 0 Å². The van der Waals surface area contributed by atoms with Crippen molar-refractivity contribution < 1.29 is 9.53 Å². The van der Waals surface area contributed by atoms with Crippen molar-refractivity contribution >= 4 is 28.5 Å². The molecule has 0 unspecified atom stereocenters. The average Bonchev–Trinajstić information content (AvgIpc) is 2.68.